The number of rotatable bonds is 1. The van der Waals surface area contributed by atoms with Gasteiger partial charge in [0.05, 0.1) is 11.6 Å². The molecule has 1 amide bonds. The third-order valence-corrected chi connectivity index (χ3v) is 2.67. The molecule has 1 saturated heterocycles. The van der Waals surface area contributed by atoms with Crippen molar-refractivity contribution in [3.8, 4) is 18.4 Å². The van der Waals surface area contributed by atoms with Gasteiger partial charge in [-0.25, -0.2) is 0 Å². The van der Waals surface area contributed by atoms with Gasteiger partial charge in [0.2, 0.25) is 5.91 Å². The summed E-state index contributed by atoms with van der Waals surface area (Å²) in [7, 11) is 0. The molecule has 1 aromatic carbocycles. The Morgan fingerprint density at radius 1 is 1.38 bits per heavy atom. The van der Waals surface area contributed by atoms with Gasteiger partial charge in [-0.15, -0.1) is 12.3 Å². The van der Waals surface area contributed by atoms with E-state index in [0.717, 1.165) is 5.69 Å². The van der Waals surface area contributed by atoms with Crippen molar-refractivity contribution in [3.63, 3.8) is 0 Å². The van der Waals surface area contributed by atoms with Gasteiger partial charge >= 0.3 is 0 Å². The first-order valence-corrected chi connectivity index (χ1v) is 5.01. The van der Waals surface area contributed by atoms with E-state index in [4.69, 9.17) is 11.7 Å². The molecule has 1 aliphatic heterocycles. The van der Waals surface area contributed by atoms with E-state index in [2.05, 4.69) is 5.92 Å². The zero-order valence-electron chi connectivity index (χ0n) is 8.68. The Morgan fingerprint density at radius 3 is 2.56 bits per heavy atom. The lowest BCUT2D eigenvalue weighted by molar-refractivity contribution is -0.117. The molecule has 1 unspecified atom stereocenters. The summed E-state index contributed by atoms with van der Waals surface area (Å²) in [6, 6.07) is 8.99. The number of nitriles is 1. The molecule has 1 heterocycles. The molecule has 1 atom stereocenters. The summed E-state index contributed by atoms with van der Waals surface area (Å²) in [6.45, 7) is 0.571. The van der Waals surface area contributed by atoms with Crippen molar-refractivity contribution in [3.05, 3.63) is 29.8 Å². The van der Waals surface area contributed by atoms with E-state index in [1.807, 2.05) is 6.07 Å². The number of amides is 1. The van der Waals surface area contributed by atoms with Crippen LogP contribution in [0.3, 0.4) is 0 Å². The monoisotopic (exact) mass is 210 g/mol. The summed E-state index contributed by atoms with van der Waals surface area (Å²) < 4.78 is 0. The van der Waals surface area contributed by atoms with Crippen molar-refractivity contribution < 1.29 is 4.79 Å². The van der Waals surface area contributed by atoms with Crippen molar-refractivity contribution in [1.82, 2.24) is 0 Å². The van der Waals surface area contributed by atoms with E-state index in [1.165, 1.54) is 0 Å². The highest BCUT2D eigenvalue weighted by Gasteiger charge is 2.29. The zero-order valence-corrected chi connectivity index (χ0v) is 8.68. The standard InChI is InChI=1S/C13H10N2O/c1-2-10-7-13(16)15(9-10)12-5-3-11(8-14)4-6-12/h1,3-6,10H,7,9H2. The zero-order chi connectivity index (χ0) is 11.5. The maximum Gasteiger partial charge on any atom is 0.228 e. The number of hydrogen-bond donors (Lipinski definition) is 0. The molecule has 0 N–H and O–H groups in total. The Hall–Kier alpha value is -2.26. The fourth-order valence-electron chi connectivity index (χ4n) is 1.78. The normalized spacial score (nSPS) is 19.2. The molecule has 1 fully saturated rings. The molecule has 2 rings (SSSR count). The highest BCUT2D eigenvalue weighted by atomic mass is 16.2. The molecule has 0 saturated carbocycles. The van der Waals surface area contributed by atoms with Crippen LogP contribution in [0, 0.1) is 29.6 Å². The molecular weight excluding hydrogens is 200 g/mol. The Morgan fingerprint density at radius 2 is 2.06 bits per heavy atom. The van der Waals surface area contributed by atoms with Gasteiger partial charge in [-0.05, 0) is 24.3 Å². The first-order chi connectivity index (χ1) is 7.74. The predicted octanol–water partition coefficient (Wildman–Crippen LogP) is 1.54. The second kappa shape index (κ2) is 4.08. The van der Waals surface area contributed by atoms with Crippen LogP contribution in [0.25, 0.3) is 0 Å². The lowest BCUT2D eigenvalue weighted by atomic mass is 10.1. The average Bonchev–Trinajstić information content (AvgIpc) is 2.71. The number of terminal acetylenes is 1. The number of carbonyl (C=O) groups is 1. The van der Waals surface area contributed by atoms with E-state index in [-0.39, 0.29) is 11.8 Å². The highest BCUT2D eigenvalue weighted by Crippen LogP contribution is 2.24. The first kappa shape index (κ1) is 10.3. The van der Waals surface area contributed by atoms with Gasteiger partial charge in [0, 0.05) is 24.6 Å². The Labute approximate surface area is 94.3 Å². The van der Waals surface area contributed by atoms with E-state index >= 15 is 0 Å². The Balaban J connectivity index is 2.23. The van der Waals surface area contributed by atoms with Crippen LogP contribution in [0.4, 0.5) is 5.69 Å². The smallest absolute Gasteiger partial charge is 0.228 e. The number of hydrogen-bond acceptors (Lipinski definition) is 2. The minimum absolute atomic E-state index is 0.00291. The lowest BCUT2D eigenvalue weighted by Gasteiger charge is -2.15. The molecule has 0 bridgehead atoms. The van der Waals surface area contributed by atoms with Gasteiger partial charge in [0.25, 0.3) is 0 Å². The minimum Gasteiger partial charge on any atom is -0.311 e. The number of benzene rings is 1. The van der Waals surface area contributed by atoms with Crippen LogP contribution in [0.15, 0.2) is 24.3 Å². The number of nitrogens with zero attached hydrogens (tertiary/aromatic N) is 2. The first-order valence-electron chi connectivity index (χ1n) is 5.01. The second-order valence-corrected chi connectivity index (χ2v) is 3.73. The van der Waals surface area contributed by atoms with Crippen LogP contribution in [0.5, 0.6) is 0 Å². The summed E-state index contributed by atoms with van der Waals surface area (Å²) in [5.74, 6) is 2.65. The molecular formula is C13H10N2O. The van der Waals surface area contributed by atoms with Gasteiger partial charge in [-0.3, -0.25) is 4.79 Å². The summed E-state index contributed by atoms with van der Waals surface area (Å²) in [6.07, 6.45) is 5.72. The molecule has 0 spiro atoms. The van der Waals surface area contributed by atoms with E-state index in [9.17, 15) is 4.79 Å². The highest BCUT2D eigenvalue weighted by molar-refractivity contribution is 5.96. The summed E-state index contributed by atoms with van der Waals surface area (Å²) in [5, 5.41) is 8.67. The Bertz CT molecular complexity index is 490. The maximum absolute atomic E-state index is 11.7. The molecule has 0 radical (unpaired) electrons. The van der Waals surface area contributed by atoms with Gasteiger partial charge in [-0.1, -0.05) is 0 Å². The fraction of sp³-hybridized carbons (Fsp3) is 0.231. The van der Waals surface area contributed by atoms with Crippen LogP contribution in [0.1, 0.15) is 12.0 Å². The van der Waals surface area contributed by atoms with Gasteiger partial charge in [-0.2, -0.15) is 5.26 Å². The quantitative estimate of drug-likeness (QED) is 0.660. The van der Waals surface area contributed by atoms with Crippen LogP contribution in [-0.2, 0) is 4.79 Å². The topological polar surface area (TPSA) is 44.1 Å². The maximum atomic E-state index is 11.7. The molecule has 3 nitrogen and oxygen atoms in total. The summed E-state index contributed by atoms with van der Waals surface area (Å²) in [5.41, 5.74) is 1.39. The predicted molar refractivity (Wildman–Crippen MR) is 60.5 cm³/mol. The molecule has 0 aliphatic carbocycles. The van der Waals surface area contributed by atoms with Crippen LogP contribution < -0.4 is 4.90 Å². The van der Waals surface area contributed by atoms with Crippen molar-refractivity contribution in [2.24, 2.45) is 5.92 Å². The lowest BCUT2D eigenvalue weighted by Crippen LogP contribution is -2.24. The molecule has 1 aromatic rings. The second-order valence-electron chi connectivity index (χ2n) is 3.73. The molecule has 16 heavy (non-hydrogen) atoms. The van der Waals surface area contributed by atoms with Crippen molar-refractivity contribution in [2.75, 3.05) is 11.4 Å². The van der Waals surface area contributed by atoms with Crippen molar-refractivity contribution in [2.45, 2.75) is 6.42 Å². The molecule has 78 valence electrons. The SMILES string of the molecule is C#CC1CC(=O)N(c2ccc(C#N)cc2)C1. The number of carbonyl (C=O) groups excluding carboxylic acids is 1. The van der Waals surface area contributed by atoms with E-state index < -0.39 is 0 Å². The summed E-state index contributed by atoms with van der Waals surface area (Å²) in [4.78, 5) is 13.3. The van der Waals surface area contributed by atoms with Crippen LogP contribution in [-0.4, -0.2) is 12.5 Å². The summed E-state index contributed by atoms with van der Waals surface area (Å²) >= 11 is 0. The van der Waals surface area contributed by atoms with Gasteiger partial charge in [0.15, 0.2) is 0 Å². The molecule has 0 aromatic heterocycles. The van der Waals surface area contributed by atoms with E-state index in [0.29, 0.717) is 18.5 Å². The third-order valence-electron chi connectivity index (χ3n) is 2.67. The molecule has 1 aliphatic rings. The third kappa shape index (κ3) is 1.76. The minimum atomic E-state index is 0.00291. The fourth-order valence-corrected chi connectivity index (χ4v) is 1.78. The number of anilines is 1. The van der Waals surface area contributed by atoms with E-state index in [1.54, 1.807) is 29.2 Å². The largest absolute Gasteiger partial charge is 0.311 e. The van der Waals surface area contributed by atoms with Crippen LogP contribution in [0.2, 0.25) is 0 Å². The average molecular weight is 210 g/mol. The van der Waals surface area contributed by atoms with Gasteiger partial charge < -0.3 is 4.90 Å². The Kier molecular flexibility index (Phi) is 2.62. The van der Waals surface area contributed by atoms with Crippen molar-refractivity contribution >= 4 is 11.6 Å². The molecule has 3 heteroatoms. The van der Waals surface area contributed by atoms with Crippen molar-refractivity contribution in [1.29, 1.82) is 5.26 Å². The van der Waals surface area contributed by atoms with Gasteiger partial charge in [0.1, 0.15) is 0 Å². The van der Waals surface area contributed by atoms with Crippen LogP contribution >= 0.6 is 0 Å².